The van der Waals surface area contributed by atoms with Gasteiger partial charge in [-0.15, -0.1) is 10.2 Å². The number of amides is 1. The van der Waals surface area contributed by atoms with Gasteiger partial charge in [0.1, 0.15) is 17.3 Å². The molecule has 0 saturated carbocycles. The Balaban J connectivity index is 1.42. The molecule has 1 atom stereocenters. The molecule has 0 spiro atoms. The van der Waals surface area contributed by atoms with E-state index >= 15 is 0 Å². The van der Waals surface area contributed by atoms with Crippen LogP contribution in [0.15, 0.2) is 48.9 Å². The van der Waals surface area contributed by atoms with Crippen LogP contribution in [0.1, 0.15) is 54.3 Å². The zero-order chi connectivity index (χ0) is 26.3. The first kappa shape index (κ1) is 24.5. The van der Waals surface area contributed by atoms with Crippen LogP contribution in [0.2, 0.25) is 0 Å². The van der Waals surface area contributed by atoms with Gasteiger partial charge < -0.3 is 14.6 Å². The molecule has 0 bridgehead atoms. The lowest BCUT2D eigenvalue weighted by atomic mass is 9.93. The smallest absolute Gasteiger partial charge is 0.259 e. The average Bonchev–Trinajstić information content (AvgIpc) is 3.57. The highest BCUT2D eigenvalue weighted by molar-refractivity contribution is 6.04. The quantitative estimate of drug-likeness (QED) is 0.410. The van der Waals surface area contributed by atoms with Crippen LogP contribution >= 0.6 is 0 Å². The Morgan fingerprint density at radius 3 is 2.76 bits per heavy atom. The zero-order valence-electron chi connectivity index (χ0n) is 21.4. The van der Waals surface area contributed by atoms with Gasteiger partial charge in [0.05, 0.1) is 35.9 Å². The van der Waals surface area contributed by atoms with E-state index in [1.165, 1.54) is 12.1 Å². The number of halogens is 1. The maximum atomic E-state index is 14.9. The van der Waals surface area contributed by atoms with Crippen molar-refractivity contribution in [1.29, 1.82) is 0 Å². The lowest BCUT2D eigenvalue weighted by Gasteiger charge is -2.15. The van der Waals surface area contributed by atoms with Gasteiger partial charge in [0, 0.05) is 18.7 Å². The van der Waals surface area contributed by atoms with Crippen LogP contribution < -0.4 is 5.32 Å². The number of carbonyl (C=O) groups is 1. The molecule has 0 saturated heterocycles. The van der Waals surface area contributed by atoms with Crippen molar-refractivity contribution in [2.75, 3.05) is 19.0 Å². The zero-order valence-corrected chi connectivity index (χ0v) is 21.4. The van der Waals surface area contributed by atoms with E-state index in [1.807, 2.05) is 22.9 Å². The molecule has 0 aliphatic carbocycles. The molecule has 1 aliphatic heterocycles. The summed E-state index contributed by atoms with van der Waals surface area (Å²) in [5, 5.41) is 11.2. The summed E-state index contributed by atoms with van der Waals surface area (Å²) in [6.45, 7) is 8.47. The van der Waals surface area contributed by atoms with Gasteiger partial charge >= 0.3 is 0 Å². The Bertz CT molecular complexity index is 1510. The van der Waals surface area contributed by atoms with Crippen LogP contribution in [0, 0.1) is 12.7 Å². The van der Waals surface area contributed by atoms with Gasteiger partial charge in [0.25, 0.3) is 5.91 Å². The summed E-state index contributed by atoms with van der Waals surface area (Å²) in [6, 6.07) is 8.02. The molecule has 4 heterocycles. The summed E-state index contributed by atoms with van der Waals surface area (Å²) in [5.74, 6) is 0.307. The summed E-state index contributed by atoms with van der Waals surface area (Å²) >= 11 is 0. The summed E-state index contributed by atoms with van der Waals surface area (Å²) in [7, 11) is 1.64. The molecule has 190 valence electrons. The van der Waals surface area contributed by atoms with Crippen molar-refractivity contribution in [3.63, 3.8) is 0 Å². The number of aromatic nitrogens is 6. The number of nitrogens with zero attached hydrogens (tertiary/aromatic N) is 6. The van der Waals surface area contributed by atoms with Gasteiger partial charge in [-0.2, -0.15) is 0 Å². The van der Waals surface area contributed by atoms with Gasteiger partial charge in [-0.05, 0) is 42.8 Å². The number of imidazole rings is 1. The molecule has 0 fully saturated rings. The van der Waals surface area contributed by atoms with Crippen molar-refractivity contribution >= 4 is 17.8 Å². The summed E-state index contributed by atoms with van der Waals surface area (Å²) in [4.78, 5) is 22.2. The number of ether oxygens (including phenoxy) is 1. The van der Waals surface area contributed by atoms with Crippen molar-refractivity contribution in [1.82, 2.24) is 29.3 Å². The van der Waals surface area contributed by atoms with Gasteiger partial charge in [-0.25, -0.2) is 14.4 Å². The van der Waals surface area contributed by atoms with Crippen LogP contribution in [0.4, 0.5) is 10.2 Å². The molecule has 9 nitrogen and oxygen atoms in total. The van der Waals surface area contributed by atoms with Gasteiger partial charge in [0.2, 0.25) is 0 Å². The molecule has 0 unspecified atom stereocenters. The third-order valence-electron chi connectivity index (χ3n) is 6.24. The molecule has 1 aliphatic rings. The Hall–Kier alpha value is -4.18. The molecule has 4 aromatic rings. The summed E-state index contributed by atoms with van der Waals surface area (Å²) < 4.78 is 24.0. The summed E-state index contributed by atoms with van der Waals surface area (Å²) in [6.07, 6.45) is 7.45. The second kappa shape index (κ2) is 9.36. The highest BCUT2D eigenvalue weighted by Gasteiger charge is 2.24. The minimum atomic E-state index is -0.616. The SMILES string of the molecule is COC[C@@H]1C=Cc2nnc(-c3cccc(NC(=O)c4cc(-n5cnc(C(C)(C)C)c5)c(C)cc4F)n3)n21. The number of rotatable bonds is 6. The molecule has 5 rings (SSSR count). The topological polar surface area (TPSA) is 99.8 Å². The number of fused-ring (bicyclic) bond motifs is 1. The summed E-state index contributed by atoms with van der Waals surface area (Å²) in [5.41, 5.74) is 2.55. The number of carbonyl (C=O) groups excluding carboxylic acids is 1. The third kappa shape index (κ3) is 4.67. The van der Waals surface area contributed by atoms with Crippen LogP contribution in [0.5, 0.6) is 0 Å². The lowest BCUT2D eigenvalue weighted by molar-refractivity contribution is 0.102. The Morgan fingerprint density at radius 1 is 1.22 bits per heavy atom. The van der Waals surface area contributed by atoms with E-state index in [4.69, 9.17) is 4.74 Å². The maximum Gasteiger partial charge on any atom is 0.259 e. The molecular formula is C27H28FN7O2. The molecule has 1 amide bonds. The molecule has 3 aromatic heterocycles. The van der Waals surface area contributed by atoms with Crippen molar-refractivity contribution in [2.45, 2.75) is 39.2 Å². The van der Waals surface area contributed by atoms with E-state index in [9.17, 15) is 9.18 Å². The lowest BCUT2D eigenvalue weighted by Crippen LogP contribution is -2.16. The van der Waals surface area contributed by atoms with Crippen molar-refractivity contribution < 1.29 is 13.9 Å². The van der Waals surface area contributed by atoms with Crippen molar-refractivity contribution in [2.24, 2.45) is 0 Å². The third-order valence-corrected chi connectivity index (χ3v) is 6.24. The minimum Gasteiger partial charge on any atom is -0.382 e. The number of anilines is 1. The fourth-order valence-corrected chi connectivity index (χ4v) is 4.27. The number of hydrogen-bond acceptors (Lipinski definition) is 6. The molecule has 1 aromatic carbocycles. The number of pyridine rings is 1. The molecule has 37 heavy (non-hydrogen) atoms. The molecule has 1 N–H and O–H groups in total. The highest BCUT2D eigenvalue weighted by atomic mass is 19.1. The second-order valence-corrected chi connectivity index (χ2v) is 10.0. The minimum absolute atomic E-state index is 0.0490. The van der Waals surface area contributed by atoms with E-state index in [0.29, 0.717) is 35.2 Å². The van der Waals surface area contributed by atoms with Crippen LogP contribution in [-0.2, 0) is 10.2 Å². The van der Waals surface area contributed by atoms with Gasteiger partial charge in [-0.1, -0.05) is 32.9 Å². The van der Waals surface area contributed by atoms with E-state index in [-0.39, 0.29) is 22.8 Å². The molecular weight excluding hydrogens is 473 g/mol. The maximum absolute atomic E-state index is 14.9. The molecule has 0 radical (unpaired) electrons. The number of benzene rings is 1. The normalized spacial score (nSPS) is 14.7. The Morgan fingerprint density at radius 2 is 2.03 bits per heavy atom. The van der Waals surface area contributed by atoms with Crippen molar-refractivity contribution in [3.05, 3.63) is 77.4 Å². The average molecular weight is 502 g/mol. The van der Waals surface area contributed by atoms with Crippen LogP contribution in [0.3, 0.4) is 0 Å². The predicted octanol–water partition coefficient (Wildman–Crippen LogP) is 4.74. The largest absolute Gasteiger partial charge is 0.382 e. The van der Waals surface area contributed by atoms with Gasteiger partial charge in [-0.3, -0.25) is 9.36 Å². The Kier molecular flexibility index (Phi) is 6.20. The van der Waals surface area contributed by atoms with Gasteiger partial charge in [0.15, 0.2) is 11.6 Å². The second-order valence-electron chi connectivity index (χ2n) is 10.0. The highest BCUT2D eigenvalue weighted by Crippen LogP contribution is 2.29. The van der Waals surface area contributed by atoms with E-state index in [2.05, 4.69) is 46.3 Å². The first-order valence-electron chi connectivity index (χ1n) is 11.9. The van der Waals surface area contributed by atoms with E-state index < -0.39 is 11.7 Å². The predicted molar refractivity (Wildman–Crippen MR) is 138 cm³/mol. The first-order valence-corrected chi connectivity index (χ1v) is 11.9. The fraction of sp³-hybridized carbons (Fsp3) is 0.296. The number of aryl methyl sites for hydroxylation is 1. The monoisotopic (exact) mass is 501 g/mol. The van der Waals surface area contributed by atoms with Crippen LogP contribution in [-0.4, -0.2) is 48.9 Å². The Labute approximate surface area is 214 Å². The van der Waals surface area contributed by atoms with E-state index in [1.54, 1.807) is 43.1 Å². The van der Waals surface area contributed by atoms with Crippen molar-refractivity contribution in [3.8, 4) is 17.2 Å². The number of hydrogen-bond donors (Lipinski definition) is 1. The standard InChI is InChI=1S/C27H28FN7O2/c1-16-11-19(28)18(12-21(16)34-13-22(29-15-34)27(2,3)4)26(36)31-23-8-6-7-20(30-23)25-33-32-24-10-9-17(14-37-5)35(24)25/h6-13,15,17H,14H2,1-5H3,(H,30,31,36)/t17-/m0/s1. The molecule has 10 heteroatoms. The first-order chi connectivity index (χ1) is 17.7. The van der Waals surface area contributed by atoms with Crippen LogP contribution in [0.25, 0.3) is 23.3 Å². The number of nitrogens with one attached hydrogen (secondary N) is 1. The number of methoxy groups -OCH3 is 1. The fourth-order valence-electron chi connectivity index (χ4n) is 4.27. The van der Waals surface area contributed by atoms with E-state index in [0.717, 1.165) is 5.69 Å².